The average Bonchev–Trinajstić information content (AvgIpc) is 2.71. The summed E-state index contributed by atoms with van der Waals surface area (Å²) in [7, 11) is 0. The molecule has 0 radical (unpaired) electrons. The van der Waals surface area contributed by atoms with Gasteiger partial charge < -0.3 is 9.47 Å². The highest BCUT2D eigenvalue weighted by atomic mass is 17.1. The standard InChI is InChI=1S/C22H30O6/c1-21(2,27-23)19-9-5-7-17(13-19)15-25-11-12-26-16-18-8-6-10-20(14-18)22(3,4)28-24/h5-10,13-14,23-24H,11-12,15-16H2,1-4H3. The van der Waals surface area contributed by atoms with E-state index in [0.717, 1.165) is 22.3 Å². The summed E-state index contributed by atoms with van der Waals surface area (Å²) in [6.07, 6.45) is 0. The van der Waals surface area contributed by atoms with Crippen molar-refractivity contribution >= 4 is 0 Å². The molecule has 0 aliphatic carbocycles. The fourth-order valence-corrected chi connectivity index (χ4v) is 2.67. The van der Waals surface area contributed by atoms with E-state index in [4.69, 9.17) is 20.0 Å². The topological polar surface area (TPSA) is 77.4 Å². The largest absolute Gasteiger partial charge is 0.374 e. The predicted octanol–water partition coefficient (Wildman–Crippen LogP) is 4.87. The molecule has 2 rings (SSSR count). The molecule has 0 heterocycles. The van der Waals surface area contributed by atoms with E-state index in [1.807, 2.05) is 48.5 Å². The van der Waals surface area contributed by atoms with E-state index < -0.39 is 11.2 Å². The van der Waals surface area contributed by atoms with E-state index in [9.17, 15) is 0 Å². The van der Waals surface area contributed by atoms with Gasteiger partial charge in [-0.2, -0.15) is 0 Å². The Morgan fingerprint density at radius 2 is 1.07 bits per heavy atom. The normalized spacial score (nSPS) is 12.4. The van der Waals surface area contributed by atoms with Crippen LogP contribution in [0.3, 0.4) is 0 Å². The van der Waals surface area contributed by atoms with Crippen LogP contribution < -0.4 is 0 Å². The molecule has 0 bridgehead atoms. The molecule has 0 saturated heterocycles. The van der Waals surface area contributed by atoms with Crippen LogP contribution in [0.2, 0.25) is 0 Å². The van der Waals surface area contributed by atoms with Crippen LogP contribution in [0.15, 0.2) is 48.5 Å². The summed E-state index contributed by atoms with van der Waals surface area (Å²) >= 11 is 0. The zero-order chi connectivity index (χ0) is 20.6. The van der Waals surface area contributed by atoms with Gasteiger partial charge in [0.2, 0.25) is 0 Å². The molecule has 0 aromatic heterocycles. The summed E-state index contributed by atoms with van der Waals surface area (Å²) in [5.74, 6) is 0. The van der Waals surface area contributed by atoms with Gasteiger partial charge in [-0.1, -0.05) is 48.5 Å². The maximum absolute atomic E-state index is 9.01. The first-order valence-corrected chi connectivity index (χ1v) is 9.28. The van der Waals surface area contributed by atoms with Crippen LogP contribution in [0.5, 0.6) is 0 Å². The molecule has 0 spiro atoms. The van der Waals surface area contributed by atoms with E-state index in [-0.39, 0.29) is 0 Å². The van der Waals surface area contributed by atoms with Gasteiger partial charge in [0, 0.05) is 0 Å². The Hall–Kier alpha value is -1.80. The summed E-state index contributed by atoms with van der Waals surface area (Å²) in [4.78, 5) is 9.06. The zero-order valence-electron chi connectivity index (χ0n) is 17.0. The van der Waals surface area contributed by atoms with Crippen molar-refractivity contribution in [3.63, 3.8) is 0 Å². The molecule has 0 saturated carbocycles. The molecule has 6 nitrogen and oxygen atoms in total. The Labute approximate surface area is 166 Å². The summed E-state index contributed by atoms with van der Waals surface area (Å²) in [6.45, 7) is 9.02. The van der Waals surface area contributed by atoms with Crippen molar-refractivity contribution < 1.29 is 29.8 Å². The Kier molecular flexibility index (Phi) is 8.12. The maximum Gasteiger partial charge on any atom is 0.123 e. The van der Waals surface area contributed by atoms with Crippen molar-refractivity contribution in [1.29, 1.82) is 0 Å². The molecule has 0 fully saturated rings. The second-order valence-electron chi connectivity index (χ2n) is 7.71. The molecular weight excluding hydrogens is 360 g/mol. The Morgan fingerprint density at radius 3 is 1.43 bits per heavy atom. The number of benzene rings is 2. The third-order valence-corrected chi connectivity index (χ3v) is 4.61. The van der Waals surface area contributed by atoms with Crippen molar-refractivity contribution in [3.05, 3.63) is 70.8 Å². The van der Waals surface area contributed by atoms with Gasteiger partial charge >= 0.3 is 0 Å². The van der Waals surface area contributed by atoms with E-state index in [2.05, 4.69) is 9.78 Å². The fourth-order valence-electron chi connectivity index (χ4n) is 2.67. The summed E-state index contributed by atoms with van der Waals surface area (Å²) < 4.78 is 11.3. The number of hydrogen-bond donors (Lipinski definition) is 2. The maximum atomic E-state index is 9.01. The molecule has 0 atom stereocenters. The fraction of sp³-hybridized carbons (Fsp3) is 0.455. The number of hydrogen-bond acceptors (Lipinski definition) is 6. The van der Waals surface area contributed by atoms with Crippen molar-refractivity contribution in [2.24, 2.45) is 0 Å². The molecule has 2 aromatic rings. The van der Waals surface area contributed by atoms with Gasteiger partial charge in [0.1, 0.15) is 11.2 Å². The zero-order valence-corrected chi connectivity index (χ0v) is 17.0. The van der Waals surface area contributed by atoms with E-state index in [1.54, 1.807) is 27.7 Å². The van der Waals surface area contributed by atoms with Crippen LogP contribution >= 0.6 is 0 Å². The van der Waals surface area contributed by atoms with Gasteiger partial charge in [0.15, 0.2) is 0 Å². The Balaban J connectivity index is 1.75. The highest BCUT2D eigenvalue weighted by molar-refractivity contribution is 5.28. The lowest BCUT2D eigenvalue weighted by Crippen LogP contribution is -2.20. The molecule has 28 heavy (non-hydrogen) atoms. The molecule has 0 unspecified atom stereocenters. The number of rotatable bonds is 11. The molecule has 2 aromatic carbocycles. The quantitative estimate of drug-likeness (QED) is 0.324. The second kappa shape index (κ2) is 10.1. The molecule has 154 valence electrons. The summed E-state index contributed by atoms with van der Waals surface area (Å²) in [5.41, 5.74) is 2.24. The lowest BCUT2D eigenvalue weighted by atomic mass is 9.97. The lowest BCUT2D eigenvalue weighted by molar-refractivity contribution is -0.318. The van der Waals surface area contributed by atoms with Gasteiger partial charge in [0.05, 0.1) is 26.4 Å². The van der Waals surface area contributed by atoms with E-state index in [1.165, 1.54) is 0 Å². The van der Waals surface area contributed by atoms with Crippen molar-refractivity contribution in [1.82, 2.24) is 0 Å². The van der Waals surface area contributed by atoms with E-state index >= 15 is 0 Å². The first-order valence-electron chi connectivity index (χ1n) is 9.28. The van der Waals surface area contributed by atoms with Crippen LogP contribution in [0, 0.1) is 0 Å². The smallest absolute Gasteiger partial charge is 0.123 e. The van der Waals surface area contributed by atoms with Gasteiger partial charge in [-0.25, -0.2) is 9.78 Å². The summed E-state index contributed by atoms with van der Waals surface area (Å²) in [5, 5.41) is 18.0. The van der Waals surface area contributed by atoms with Gasteiger partial charge in [-0.15, -0.1) is 0 Å². The van der Waals surface area contributed by atoms with Crippen LogP contribution in [-0.4, -0.2) is 23.7 Å². The first kappa shape index (κ1) is 22.5. The third-order valence-electron chi connectivity index (χ3n) is 4.61. The highest BCUT2D eigenvalue weighted by Gasteiger charge is 2.22. The molecule has 0 aliphatic heterocycles. The van der Waals surface area contributed by atoms with Crippen molar-refractivity contribution in [3.8, 4) is 0 Å². The Bertz CT molecular complexity index is 678. The van der Waals surface area contributed by atoms with Crippen LogP contribution in [0.25, 0.3) is 0 Å². The predicted molar refractivity (Wildman–Crippen MR) is 106 cm³/mol. The van der Waals surface area contributed by atoms with Crippen molar-refractivity contribution in [2.45, 2.75) is 52.1 Å². The average molecular weight is 390 g/mol. The minimum Gasteiger partial charge on any atom is -0.374 e. The molecule has 6 heteroatoms. The monoisotopic (exact) mass is 390 g/mol. The van der Waals surface area contributed by atoms with Gasteiger partial charge in [-0.3, -0.25) is 10.5 Å². The van der Waals surface area contributed by atoms with E-state index in [0.29, 0.717) is 26.4 Å². The minimum absolute atomic E-state index is 0.455. The molecule has 0 aliphatic rings. The molecule has 2 N–H and O–H groups in total. The van der Waals surface area contributed by atoms with Gasteiger partial charge in [0.25, 0.3) is 0 Å². The SMILES string of the molecule is CC(C)(OO)c1cccc(COCCOCc2cccc(C(C)(C)OO)c2)c1. The Morgan fingerprint density at radius 1 is 0.679 bits per heavy atom. The second-order valence-corrected chi connectivity index (χ2v) is 7.71. The highest BCUT2D eigenvalue weighted by Crippen LogP contribution is 2.25. The van der Waals surface area contributed by atoms with Crippen LogP contribution in [0.4, 0.5) is 0 Å². The first-order chi connectivity index (χ1) is 13.3. The van der Waals surface area contributed by atoms with Gasteiger partial charge in [-0.05, 0) is 49.9 Å². The third kappa shape index (κ3) is 6.38. The summed E-state index contributed by atoms with van der Waals surface area (Å²) in [6, 6.07) is 15.5. The lowest BCUT2D eigenvalue weighted by Gasteiger charge is -2.21. The molecular formula is C22H30O6. The van der Waals surface area contributed by atoms with Crippen molar-refractivity contribution in [2.75, 3.05) is 13.2 Å². The number of ether oxygens (including phenoxy) is 2. The minimum atomic E-state index is -0.761. The van der Waals surface area contributed by atoms with Crippen LogP contribution in [0.1, 0.15) is 49.9 Å². The van der Waals surface area contributed by atoms with Crippen LogP contribution in [-0.2, 0) is 43.7 Å². The molecule has 0 amide bonds.